The second-order valence-corrected chi connectivity index (χ2v) is 5.37. The molecule has 1 fully saturated rings. The van der Waals surface area contributed by atoms with Gasteiger partial charge in [-0.3, -0.25) is 4.79 Å². The Morgan fingerprint density at radius 1 is 0.870 bits per heavy atom. The minimum Gasteiger partial charge on any atom is -0.396 e. The summed E-state index contributed by atoms with van der Waals surface area (Å²) in [5.74, 6) is 0.707. The molecular weight excluding hydrogens is 331 g/mol. The summed E-state index contributed by atoms with van der Waals surface area (Å²) < 4.78 is 0. The normalized spacial score (nSPS) is 17.4. The molecular formula is C20H37CoO2. The van der Waals surface area contributed by atoms with Crippen LogP contribution in [-0.2, 0) is 21.6 Å². The zero-order valence-corrected chi connectivity index (χ0v) is 16.4. The van der Waals surface area contributed by atoms with E-state index in [1.807, 2.05) is 0 Å². The van der Waals surface area contributed by atoms with E-state index in [9.17, 15) is 4.79 Å². The molecule has 0 aromatic rings. The van der Waals surface area contributed by atoms with Crippen LogP contribution in [0.4, 0.5) is 0 Å². The number of hydrogen-bond donors (Lipinski definition) is 1. The average molecular weight is 368 g/mol. The third kappa shape index (κ3) is 16.3. The minimum absolute atomic E-state index is 0. The zero-order valence-electron chi connectivity index (χ0n) is 15.4. The van der Waals surface area contributed by atoms with Gasteiger partial charge < -0.3 is 27.4 Å². The van der Waals surface area contributed by atoms with Crippen LogP contribution in [0.2, 0.25) is 0 Å². The summed E-state index contributed by atoms with van der Waals surface area (Å²) in [5.41, 5.74) is 0. The molecule has 1 saturated carbocycles. The minimum atomic E-state index is 0. The average Bonchev–Trinajstić information content (AvgIpc) is 2.89. The van der Waals surface area contributed by atoms with Crippen LogP contribution < -0.4 is 0 Å². The molecule has 0 aliphatic heterocycles. The van der Waals surface area contributed by atoms with E-state index in [2.05, 4.69) is 24.3 Å². The third-order valence-corrected chi connectivity index (χ3v) is 3.73. The van der Waals surface area contributed by atoms with Gasteiger partial charge >= 0.3 is 16.8 Å². The maximum atomic E-state index is 11.3. The van der Waals surface area contributed by atoms with Crippen molar-refractivity contribution in [2.45, 2.75) is 64.2 Å². The summed E-state index contributed by atoms with van der Waals surface area (Å²) >= 11 is 0. The van der Waals surface area contributed by atoms with Crippen molar-refractivity contribution in [1.29, 1.82) is 0 Å². The Morgan fingerprint density at radius 3 is 1.61 bits per heavy atom. The van der Waals surface area contributed by atoms with Gasteiger partial charge in [0.1, 0.15) is 5.78 Å². The first kappa shape index (κ1) is 30.5. The zero-order chi connectivity index (χ0) is 13.8. The molecule has 0 unspecified atom stereocenters. The van der Waals surface area contributed by atoms with E-state index in [0.717, 1.165) is 12.8 Å². The third-order valence-electron chi connectivity index (χ3n) is 3.73. The van der Waals surface area contributed by atoms with Gasteiger partial charge in [0.15, 0.2) is 0 Å². The Labute approximate surface area is 156 Å². The summed E-state index contributed by atoms with van der Waals surface area (Å²) in [6.07, 6.45) is 19.8. The van der Waals surface area contributed by atoms with Gasteiger partial charge in [0.25, 0.3) is 0 Å². The van der Waals surface area contributed by atoms with Crippen LogP contribution in [0.25, 0.3) is 0 Å². The number of ketones is 1. The van der Waals surface area contributed by atoms with Crippen molar-refractivity contribution in [3.8, 4) is 0 Å². The van der Waals surface area contributed by atoms with Gasteiger partial charge in [0.05, 0.1) is 0 Å². The molecule has 0 aromatic heterocycles. The summed E-state index contributed by atoms with van der Waals surface area (Å²) in [6, 6.07) is 0. The topological polar surface area (TPSA) is 37.3 Å². The molecule has 0 spiro atoms. The molecule has 1 N–H and O–H groups in total. The van der Waals surface area contributed by atoms with Crippen LogP contribution in [0, 0.1) is 28.2 Å². The fourth-order valence-corrected chi connectivity index (χ4v) is 2.56. The van der Waals surface area contributed by atoms with Crippen molar-refractivity contribution in [3.63, 3.8) is 0 Å². The van der Waals surface area contributed by atoms with Crippen LogP contribution >= 0.6 is 0 Å². The summed E-state index contributed by atoms with van der Waals surface area (Å²) in [6.45, 7) is 0.151. The second kappa shape index (κ2) is 21.6. The number of carbonyl (C=O) groups excluding carboxylic acids is 1. The van der Waals surface area contributed by atoms with Gasteiger partial charge in [-0.25, -0.2) is 0 Å². The van der Waals surface area contributed by atoms with E-state index in [-0.39, 0.29) is 45.7 Å². The van der Waals surface area contributed by atoms with E-state index < -0.39 is 0 Å². The van der Waals surface area contributed by atoms with Crippen molar-refractivity contribution in [1.82, 2.24) is 0 Å². The van der Waals surface area contributed by atoms with E-state index in [4.69, 9.17) is 5.11 Å². The molecule has 3 heteroatoms. The second-order valence-electron chi connectivity index (χ2n) is 5.37. The number of aliphatic hydroxyl groups is 1. The number of allylic oxidation sites excluding steroid dienone is 4. The molecule has 0 radical (unpaired) electrons. The number of Topliss-reactive ketones (excluding diaryl/α,β-unsaturated/α-hetero) is 1. The van der Waals surface area contributed by atoms with Crippen LogP contribution in [0.3, 0.4) is 0 Å². The Kier molecular flexibility index (Phi) is 28.7. The van der Waals surface area contributed by atoms with Gasteiger partial charge in [-0.1, -0.05) is 37.1 Å². The van der Waals surface area contributed by atoms with Gasteiger partial charge in [-0.05, 0) is 44.9 Å². The van der Waals surface area contributed by atoms with Crippen LogP contribution in [0.1, 0.15) is 64.2 Å². The number of rotatable bonds is 4. The molecule has 0 atom stereocenters. The van der Waals surface area contributed by atoms with Crippen molar-refractivity contribution in [2.75, 3.05) is 6.61 Å². The SMILES string of the molecule is C1=CCC/C=C\CC1.O=C(CCCO)C1CCCC1.[CH3-].[CH3-].[CH3-].[Co+3]. The number of aliphatic hydroxyl groups excluding tert-OH is 1. The first-order valence-corrected chi connectivity index (χ1v) is 7.78. The maximum Gasteiger partial charge on any atom is 3.00 e. The maximum absolute atomic E-state index is 11.3. The number of carbonyl (C=O) groups is 1. The molecule has 0 amide bonds. The molecule has 2 rings (SSSR count). The molecule has 138 valence electrons. The van der Waals surface area contributed by atoms with Crippen LogP contribution in [0.15, 0.2) is 24.3 Å². The fourth-order valence-electron chi connectivity index (χ4n) is 2.56. The summed E-state index contributed by atoms with van der Waals surface area (Å²) in [4.78, 5) is 11.3. The first-order valence-electron chi connectivity index (χ1n) is 7.78. The van der Waals surface area contributed by atoms with E-state index >= 15 is 0 Å². The van der Waals surface area contributed by atoms with Gasteiger partial charge in [-0.15, -0.1) is 0 Å². The molecule has 0 saturated heterocycles. The smallest absolute Gasteiger partial charge is 0.396 e. The van der Waals surface area contributed by atoms with Crippen molar-refractivity contribution in [3.05, 3.63) is 46.6 Å². The molecule has 23 heavy (non-hydrogen) atoms. The van der Waals surface area contributed by atoms with Crippen molar-refractivity contribution in [2.24, 2.45) is 5.92 Å². The quantitative estimate of drug-likeness (QED) is 0.522. The van der Waals surface area contributed by atoms with Gasteiger partial charge in [0.2, 0.25) is 0 Å². The predicted octanol–water partition coefficient (Wildman–Crippen LogP) is 5.54. The summed E-state index contributed by atoms with van der Waals surface area (Å²) in [7, 11) is 0. The molecule has 2 nitrogen and oxygen atoms in total. The predicted molar refractivity (Wildman–Crippen MR) is 99.3 cm³/mol. The Bertz CT molecular complexity index is 266. The fraction of sp³-hybridized carbons (Fsp3) is 0.600. The van der Waals surface area contributed by atoms with E-state index in [1.165, 1.54) is 38.5 Å². The first-order chi connectivity index (χ1) is 9.34. The molecule has 0 heterocycles. The standard InChI is InChI=1S/C9H16O2.C8H12.3CH3.Co/c10-7-3-6-9(11)8-4-1-2-5-8;1-2-4-6-8-7-5-3-1;;;;/h8,10H,1-7H2;1-2,7-8H,3-6H2;3*1H3;/q;;3*-1;+3/b;2-1-,8-7?;;;;. The van der Waals surface area contributed by atoms with Crippen LogP contribution in [0.5, 0.6) is 0 Å². The Morgan fingerprint density at radius 2 is 1.26 bits per heavy atom. The molecule has 2 aliphatic carbocycles. The van der Waals surface area contributed by atoms with E-state index in [1.54, 1.807) is 0 Å². The summed E-state index contributed by atoms with van der Waals surface area (Å²) in [5, 5.41) is 8.51. The van der Waals surface area contributed by atoms with Crippen molar-refractivity contribution < 1.29 is 26.7 Å². The van der Waals surface area contributed by atoms with Gasteiger partial charge in [-0.2, -0.15) is 0 Å². The number of hydrogen-bond acceptors (Lipinski definition) is 2. The monoisotopic (exact) mass is 368 g/mol. The van der Waals surface area contributed by atoms with Crippen LogP contribution in [-0.4, -0.2) is 17.5 Å². The Balaban J connectivity index is -0.000000138. The molecule has 0 aromatic carbocycles. The largest absolute Gasteiger partial charge is 3.00 e. The molecule has 2 aliphatic rings. The molecule has 0 bridgehead atoms. The Hall–Kier alpha value is -0.384. The van der Waals surface area contributed by atoms with E-state index in [0.29, 0.717) is 24.5 Å². The van der Waals surface area contributed by atoms with Gasteiger partial charge in [0, 0.05) is 18.9 Å². The van der Waals surface area contributed by atoms with Crippen molar-refractivity contribution >= 4 is 5.78 Å².